The molecule has 2 atom stereocenters. The van der Waals surface area contributed by atoms with Crippen molar-refractivity contribution in [1.82, 2.24) is 15.5 Å². The number of rotatable bonds is 6. The first-order valence-electron chi connectivity index (χ1n) is 14.5. The van der Waals surface area contributed by atoms with E-state index < -0.39 is 29.9 Å². The van der Waals surface area contributed by atoms with E-state index in [1.807, 2.05) is 66.7 Å². The predicted octanol–water partition coefficient (Wildman–Crippen LogP) is 4.14. The topological polar surface area (TPSA) is 114 Å². The fourth-order valence-corrected chi connectivity index (χ4v) is 4.98. The van der Waals surface area contributed by atoms with Crippen LogP contribution >= 0.6 is 11.6 Å². The van der Waals surface area contributed by atoms with E-state index in [4.69, 9.17) is 21.1 Å². The van der Waals surface area contributed by atoms with Crippen molar-refractivity contribution in [1.29, 1.82) is 0 Å². The highest BCUT2D eigenvalue weighted by molar-refractivity contribution is 6.30. The van der Waals surface area contributed by atoms with Crippen LogP contribution < -0.4 is 15.4 Å². The van der Waals surface area contributed by atoms with Gasteiger partial charge in [-0.15, -0.1) is 0 Å². The van der Waals surface area contributed by atoms with Gasteiger partial charge in [0.15, 0.2) is 0 Å². The average Bonchev–Trinajstić information content (AvgIpc) is 3.04. The van der Waals surface area contributed by atoms with Crippen molar-refractivity contribution in [2.45, 2.75) is 37.8 Å². The first-order valence-corrected chi connectivity index (χ1v) is 14.8. The summed E-state index contributed by atoms with van der Waals surface area (Å²) < 4.78 is 10.9. The number of ether oxygens (including phenoxy) is 2. The molecular weight excluding hydrogens is 582 g/mol. The maximum absolute atomic E-state index is 13.6. The van der Waals surface area contributed by atoms with Crippen LogP contribution in [0.4, 0.5) is 0 Å². The lowest BCUT2D eigenvalue weighted by Gasteiger charge is -2.24. The lowest BCUT2D eigenvalue weighted by molar-refractivity contribution is -0.145. The Balaban J connectivity index is 1.63. The van der Waals surface area contributed by atoms with Crippen LogP contribution in [0.5, 0.6) is 5.75 Å². The normalized spacial score (nSPS) is 18.3. The second kappa shape index (κ2) is 16.3. The Hall–Kier alpha value is -4.63. The summed E-state index contributed by atoms with van der Waals surface area (Å²) in [6, 6.07) is 21.5. The summed E-state index contributed by atoms with van der Waals surface area (Å²) in [5.41, 5.74) is 2.09. The van der Waals surface area contributed by atoms with Crippen LogP contribution in [0.25, 0.3) is 0 Å². The number of fused-ring (bicyclic) bond motifs is 1. The maximum Gasteiger partial charge on any atom is 0.328 e. The van der Waals surface area contributed by atoms with Crippen molar-refractivity contribution in [2.75, 3.05) is 26.8 Å². The van der Waals surface area contributed by atoms with Crippen molar-refractivity contribution in [3.63, 3.8) is 0 Å². The van der Waals surface area contributed by atoms with Crippen molar-refractivity contribution in [3.8, 4) is 5.75 Å². The summed E-state index contributed by atoms with van der Waals surface area (Å²) in [4.78, 5) is 54.9. The van der Waals surface area contributed by atoms with Gasteiger partial charge in [0.2, 0.25) is 11.8 Å². The summed E-state index contributed by atoms with van der Waals surface area (Å²) in [5, 5.41) is 5.88. The number of nitrogens with one attached hydrogen (secondary N) is 2. The Kier molecular flexibility index (Phi) is 11.9. The van der Waals surface area contributed by atoms with Gasteiger partial charge in [-0.25, -0.2) is 4.79 Å². The third-order valence-electron chi connectivity index (χ3n) is 7.24. The van der Waals surface area contributed by atoms with Gasteiger partial charge in [0.25, 0.3) is 5.91 Å². The van der Waals surface area contributed by atoms with Gasteiger partial charge in [0, 0.05) is 31.0 Å². The second-order valence-electron chi connectivity index (χ2n) is 10.3. The molecule has 3 amide bonds. The summed E-state index contributed by atoms with van der Waals surface area (Å²) in [6.07, 6.45) is 4.42. The fraction of sp³-hybridized carbons (Fsp3) is 0.294. The van der Waals surface area contributed by atoms with Crippen molar-refractivity contribution >= 4 is 35.3 Å². The van der Waals surface area contributed by atoms with E-state index in [2.05, 4.69) is 10.6 Å². The molecule has 1 heterocycles. The smallest absolute Gasteiger partial charge is 0.328 e. The highest BCUT2D eigenvalue weighted by Gasteiger charge is 2.29. The molecule has 1 aliphatic rings. The number of methoxy groups -OCH3 is 1. The van der Waals surface area contributed by atoms with Crippen LogP contribution in [-0.2, 0) is 32.0 Å². The molecule has 4 rings (SSSR count). The molecule has 0 saturated heterocycles. The Labute approximate surface area is 262 Å². The SMILES string of the molecule is COC(=O)[C@@H]1CCC(=O)N(CCc2ccccc2)CC=CCOc2cc(Cl)ccc2C(=O)N[C@H](Cc2ccccc2)C(=O)N1. The molecule has 230 valence electrons. The monoisotopic (exact) mass is 617 g/mol. The number of esters is 1. The van der Waals surface area contributed by atoms with Crippen molar-refractivity contribution in [2.24, 2.45) is 0 Å². The van der Waals surface area contributed by atoms with Gasteiger partial charge in [-0.1, -0.05) is 78.3 Å². The average molecular weight is 618 g/mol. The number of carbonyl (C=O) groups excluding carboxylic acids is 4. The minimum Gasteiger partial charge on any atom is -0.489 e. The zero-order chi connectivity index (χ0) is 31.3. The number of halogens is 1. The lowest BCUT2D eigenvalue weighted by Crippen LogP contribution is -2.53. The molecule has 0 unspecified atom stereocenters. The fourth-order valence-electron chi connectivity index (χ4n) is 4.82. The molecule has 3 aromatic rings. The molecule has 0 fully saturated rings. The largest absolute Gasteiger partial charge is 0.489 e. The van der Waals surface area contributed by atoms with Gasteiger partial charge in [0.05, 0.1) is 12.7 Å². The van der Waals surface area contributed by atoms with Crippen LogP contribution in [0.3, 0.4) is 0 Å². The molecule has 0 aromatic heterocycles. The van der Waals surface area contributed by atoms with E-state index >= 15 is 0 Å². The van der Waals surface area contributed by atoms with E-state index in [9.17, 15) is 19.2 Å². The van der Waals surface area contributed by atoms with E-state index in [-0.39, 0.29) is 43.1 Å². The molecule has 0 aliphatic carbocycles. The zero-order valence-corrected chi connectivity index (χ0v) is 25.3. The van der Waals surface area contributed by atoms with Gasteiger partial charge < -0.3 is 25.0 Å². The number of nitrogens with zero attached hydrogens (tertiary/aromatic N) is 1. The second-order valence-corrected chi connectivity index (χ2v) is 10.8. The molecule has 2 N–H and O–H groups in total. The van der Waals surface area contributed by atoms with Crippen LogP contribution in [0.2, 0.25) is 5.02 Å². The summed E-state index contributed by atoms with van der Waals surface area (Å²) >= 11 is 6.21. The number of carbonyl (C=O) groups is 4. The van der Waals surface area contributed by atoms with Crippen molar-refractivity contribution in [3.05, 3.63) is 113 Å². The third kappa shape index (κ3) is 9.44. The van der Waals surface area contributed by atoms with Crippen LogP contribution in [-0.4, -0.2) is 67.5 Å². The highest BCUT2D eigenvalue weighted by Crippen LogP contribution is 2.24. The van der Waals surface area contributed by atoms with Gasteiger partial charge in [-0.3, -0.25) is 14.4 Å². The zero-order valence-electron chi connectivity index (χ0n) is 24.5. The summed E-state index contributed by atoms with van der Waals surface area (Å²) in [7, 11) is 1.22. The van der Waals surface area contributed by atoms with E-state index in [1.165, 1.54) is 19.2 Å². The molecule has 44 heavy (non-hydrogen) atoms. The Morgan fingerprint density at radius 1 is 0.955 bits per heavy atom. The Morgan fingerprint density at radius 3 is 2.36 bits per heavy atom. The molecule has 0 spiro atoms. The van der Waals surface area contributed by atoms with E-state index in [0.29, 0.717) is 24.5 Å². The Morgan fingerprint density at radius 2 is 1.66 bits per heavy atom. The summed E-state index contributed by atoms with van der Waals surface area (Å²) in [5.74, 6) is -1.75. The summed E-state index contributed by atoms with van der Waals surface area (Å²) in [6.45, 7) is 0.894. The third-order valence-corrected chi connectivity index (χ3v) is 7.47. The highest BCUT2D eigenvalue weighted by atomic mass is 35.5. The minimum absolute atomic E-state index is 0.00116. The predicted molar refractivity (Wildman–Crippen MR) is 167 cm³/mol. The maximum atomic E-state index is 13.6. The molecule has 1 aliphatic heterocycles. The Bertz CT molecular complexity index is 1460. The first-order chi connectivity index (χ1) is 21.3. The van der Waals surface area contributed by atoms with Crippen molar-refractivity contribution < 1.29 is 28.7 Å². The number of hydrogen-bond donors (Lipinski definition) is 2. The quantitative estimate of drug-likeness (QED) is 0.318. The molecule has 0 bridgehead atoms. The van der Waals surface area contributed by atoms with Gasteiger partial charge in [-0.2, -0.15) is 0 Å². The molecule has 9 nitrogen and oxygen atoms in total. The first kappa shape index (κ1) is 32.3. The standard InChI is InChI=1S/C34H36ClN3O6/c1-43-34(42)28-16-17-31(39)38(20-18-24-10-4-2-5-11-24)19-8-9-21-44-30-23-26(35)14-15-27(30)32(40)37-29(33(41)36-28)22-25-12-6-3-7-13-25/h2-15,23,28-29H,16-22H2,1H3,(H,36,41)(H,37,40)/t28-,29+/m0/s1. The van der Waals surface area contributed by atoms with Crippen LogP contribution in [0.15, 0.2) is 91.0 Å². The van der Waals surface area contributed by atoms with Gasteiger partial charge in [-0.05, 0) is 48.2 Å². The number of amides is 3. The number of hydrogen-bond acceptors (Lipinski definition) is 6. The minimum atomic E-state index is -1.09. The number of benzene rings is 3. The van der Waals surface area contributed by atoms with Crippen LogP contribution in [0, 0.1) is 0 Å². The van der Waals surface area contributed by atoms with Gasteiger partial charge in [0.1, 0.15) is 24.4 Å². The van der Waals surface area contributed by atoms with E-state index in [1.54, 1.807) is 17.0 Å². The van der Waals surface area contributed by atoms with E-state index in [0.717, 1.165) is 11.1 Å². The lowest BCUT2D eigenvalue weighted by atomic mass is 10.0. The molecular formula is C34H36ClN3O6. The molecule has 0 radical (unpaired) electrons. The molecule has 3 aromatic carbocycles. The van der Waals surface area contributed by atoms with Crippen LogP contribution in [0.1, 0.15) is 34.3 Å². The van der Waals surface area contributed by atoms with Gasteiger partial charge >= 0.3 is 5.97 Å². The molecule has 10 heteroatoms. The molecule has 0 saturated carbocycles.